The highest BCUT2D eigenvalue weighted by Crippen LogP contribution is 2.32. The summed E-state index contributed by atoms with van der Waals surface area (Å²) in [5, 5.41) is 0.635. The van der Waals surface area contributed by atoms with Crippen molar-refractivity contribution >= 4 is 54.8 Å². The normalized spacial score (nSPS) is 11.6. The predicted molar refractivity (Wildman–Crippen MR) is 135 cm³/mol. The molecule has 3 aromatic rings. The summed E-state index contributed by atoms with van der Waals surface area (Å²) in [5.41, 5.74) is 3.49. The minimum absolute atomic E-state index is 0. The number of aromatic nitrogens is 1. The van der Waals surface area contributed by atoms with E-state index in [0.29, 0.717) is 17.2 Å². The zero-order valence-corrected chi connectivity index (χ0v) is 21.5. The van der Waals surface area contributed by atoms with Gasteiger partial charge in [0, 0.05) is 12.1 Å². The van der Waals surface area contributed by atoms with Gasteiger partial charge in [0.25, 0.3) is 5.91 Å². The van der Waals surface area contributed by atoms with E-state index >= 15 is 0 Å². The number of amides is 1. The van der Waals surface area contributed by atoms with Gasteiger partial charge in [0.15, 0.2) is 15.0 Å². The Bertz CT molecular complexity index is 1210. The quantitative estimate of drug-likeness (QED) is 0.452. The van der Waals surface area contributed by atoms with Gasteiger partial charge in [-0.3, -0.25) is 9.69 Å². The molecule has 0 unspecified atom stereocenters. The third-order valence-corrected chi connectivity index (χ3v) is 7.86. The zero-order chi connectivity index (χ0) is 22.8. The molecule has 1 heterocycles. The number of rotatable bonds is 8. The third-order valence-electron chi connectivity index (χ3n) is 5.10. The average molecular weight is 496 g/mol. The Morgan fingerprint density at radius 2 is 1.81 bits per heavy atom. The lowest BCUT2D eigenvalue weighted by atomic mass is 10.1. The predicted octanol–water partition coefficient (Wildman–Crippen LogP) is 4.73. The van der Waals surface area contributed by atoms with E-state index in [4.69, 9.17) is 4.98 Å². The van der Waals surface area contributed by atoms with Crippen molar-refractivity contribution in [3.63, 3.8) is 0 Å². The van der Waals surface area contributed by atoms with Crippen LogP contribution in [0.4, 0.5) is 5.13 Å². The van der Waals surface area contributed by atoms with Gasteiger partial charge >= 0.3 is 0 Å². The number of sulfone groups is 1. The van der Waals surface area contributed by atoms with Crippen LogP contribution in [0.25, 0.3) is 10.2 Å². The summed E-state index contributed by atoms with van der Waals surface area (Å²) >= 11 is 1.49. The van der Waals surface area contributed by atoms with Crippen LogP contribution in [-0.2, 0) is 9.84 Å². The van der Waals surface area contributed by atoms with E-state index in [1.54, 1.807) is 24.0 Å². The van der Waals surface area contributed by atoms with Crippen LogP contribution in [0.2, 0.25) is 0 Å². The van der Waals surface area contributed by atoms with Crippen molar-refractivity contribution < 1.29 is 13.2 Å². The molecular weight excluding hydrogens is 466 g/mol. The molecule has 3 rings (SSSR count). The highest BCUT2D eigenvalue weighted by molar-refractivity contribution is 7.91. The zero-order valence-electron chi connectivity index (χ0n) is 19.1. The average Bonchev–Trinajstić information content (AvgIpc) is 3.14. The molecule has 6 nitrogen and oxygen atoms in total. The van der Waals surface area contributed by atoms with Crippen molar-refractivity contribution in [1.82, 2.24) is 9.88 Å². The number of halogens is 1. The second-order valence-electron chi connectivity index (χ2n) is 7.97. The molecule has 1 amide bonds. The second-order valence-corrected chi connectivity index (χ2v) is 11.3. The summed E-state index contributed by atoms with van der Waals surface area (Å²) in [6.45, 7) is 7.00. The lowest BCUT2D eigenvalue weighted by Crippen LogP contribution is -2.33. The standard InChI is InChI=1S/C23H29N3O3S2.ClH/c1-6-31(28,29)19-10-7-9-18(15-19)22(27)26(12-8-11-25(4)5)23-24-21-17(3)13-16(2)14-20(21)30-23;/h7,9-10,13-15H,6,8,11-12H2,1-5H3;1H. The van der Waals surface area contributed by atoms with Gasteiger partial charge in [-0.2, -0.15) is 0 Å². The molecule has 0 aliphatic rings. The molecule has 0 bridgehead atoms. The second kappa shape index (κ2) is 10.7. The van der Waals surface area contributed by atoms with Gasteiger partial charge in [-0.15, -0.1) is 12.4 Å². The Morgan fingerprint density at radius 1 is 1.09 bits per heavy atom. The van der Waals surface area contributed by atoms with Crippen LogP contribution >= 0.6 is 23.7 Å². The first kappa shape index (κ1) is 26.3. The minimum Gasteiger partial charge on any atom is -0.309 e. The Labute approximate surface area is 200 Å². The molecule has 0 atom stereocenters. The van der Waals surface area contributed by atoms with Crippen molar-refractivity contribution in [2.24, 2.45) is 0 Å². The molecule has 174 valence electrons. The molecule has 0 spiro atoms. The maximum Gasteiger partial charge on any atom is 0.260 e. The molecule has 32 heavy (non-hydrogen) atoms. The largest absolute Gasteiger partial charge is 0.309 e. The molecule has 0 aliphatic heterocycles. The lowest BCUT2D eigenvalue weighted by molar-refractivity contribution is 0.0986. The molecule has 9 heteroatoms. The molecule has 0 N–H and O–H groups in total. The number of benzene rings is 2. The molecule has 0 saturated heterocycles. The van der Waals surface area contributed by atoms with E-state index in [9.17, 15) is 13.2 Å². The fourth-order valence-corrected chi connectivity index (χ4v) is 5.54. The van der Waals surface area contributed by atoms with Crippen LogP contribution < -0.4 is 4.90 Å². The van der Waals surface area contributed by atoms with Crippen molar-refractivity contribution in [3.05, 3.63) is 53.1 Å². The molecule has 0 fully saturated rings. The first-order valence-electron chi connectivity index (χ1n) is 10.3. The Balaban J connectivity index is 0.00000363. The van der Waals surface area contributed by atoms with E-state index < -0.39 is 9.84 Å². The molecule has 0 saturated carbocycles. The van der Waals surface area contributed by atoms with Crippen LogP contribution in [0.15, 0.2) is 41.3 Å². The van der Waals surface area contributed by atoms with Crippen LogP contribution in [0.1, 0.15) is 34.8 Å². The lowest BCUT2D eigenvalue weighted by Gasteiger charge is -2.21. The molecular formula is C23H30ClN3O3S2. The molecule has 2 aromatic carbocycles. The number of thiazole rings is 1. The highest BCUT2D eigenvalue weighted by atomic mass is 35.5. The van der Waals surface area contributed by atoms with Crippen molar-refractivity contribution in [2.75, 3.05) is 37.8 Å². The van der Waals surface area contributed by atoms with Gasteiger partial charge in [0.05, 0.1) is 20.9 Å². The number of hydrogen-bond donors (Lipinski definition) is 0. The summed E-state index contributed by atoms with van der Waals surface area (Å²) in [6, 6.07) is 10.5. The Morgan fingerprint density at radius 3 is 2.47 bits per heavy atom. The number of anilines is 1. The smallest absolute Gasteiger partial charge is 0.260 e. The number of hydrogen-bond acceptors (Lipinski definition) is 6. The Hall–Kier alpha value is -2.00. The minimum atomic E-state index is -3.39. The van der Waals surface area contributed by atoms with E-state index in [0.717, 1.165) is 34.3 Å². The monoisotopic (exact) mass is 495 g/mol. The van der Waals surface area contributed by atoms with E-state index in [2.05, 4.69) is 17.0 Å². The summed E-state index contributed by atoms with van der Waals surface area (Å²) < 4.78 is 25.7. The van der Waals surface area contributed by atoms with Gasteiger partial charge in [0.1, 0.15) is 0 Å². The SMILES string of the molecule is CCS(=O)(=O)c1cccc(C(=O)N(CCCN(C)C)c2nc3c(C)cc(C)cc3s2)c1.Cl. The van der Waals surface area contributed by atoms with Gasteiger partial charge in [-0.1, -0.05) is 30.4 Å². The van der Waals surface area contributed by atoms with E-state index in [1.165, 1.54) is 23.5 Å². The fourth-order valence-electron chi connectivity index (χ4n) is 3.45. The van der Waals surface area contributed by atoms with Gasteiger partial charge < -0.3 is 4.90 Å². The molecule has 0 aliphatic carbocycles. The number of fused-ring (bicyclic) bond motifs is 1. The highest BCUT2D eigenvalue weighted by Gasteiger charge is 2.23. The summed E-state index contributed by atoms with van der Waals surface area (Å²) in [5.74, 6) is -0.242. The molecule has 0 radical (unpaired) electrons. The summed E-state index contributed by atoms with van der Waals surface area (Å²) in [7, 11) is 0.596. The first-order valence-corrected chi connectivity index (χ1v) is 12.8. The van der Waals surface area contributed by atoms with Gasteiger partial charge in [-0.05, 0) is 76.3 Å². The van der Waals surface area contributed by atoms with Gasteiger partial charge in [-0.25, -0.2) is 13.4 Å². The van der Waals surface area contributed by atoms with Crippen LogP contribution in [0.3, 0.4) is 0 Å². The van der Waals surface area contributed by atoms with E-state index in [-0.39, 0.29) is 29.0 Å². The summed E-state index contributed by atoms with van der Waals surface area (Å²) in [6.07, 6.45) is 0.777. The number of aryl methyl sites for hydroxylation is 2. The van der Waals surface area contributed by atoms with Crippen molar-refractivity contribution in [3.8, 4) is 0 Å². The van der Waals surface area contributed by atoms with Crippen molar-refractivity contribution in [2.45, 2.75) is 32.1 Å². The Kier molecular flexibility index (Phi) is 8.82. The van der Waals surface area contributed by atoms with Gasteiger partial charge in [0.2, 0.25) is 0 Å². The van der Waals surface area contributed by atoms with Crippen LogP contribution in [-0.4, -0.2) is 57.1 Å². The summed E-state index contributed by atoms with van der Waals surface area (Å²) in [4.78, 5) is 22.2. The van der Waals surface area contributed by atoms with Crippen LogP contribution in [0.5, 0.6) is 0 Å². The maximum absolute atomic E-state index is 13.5. The first-order chi connectivity index (χ1) is 14.6. The molecule has 1 aromatic heterocycles. The van der Waals surface area contributed by atoms with E-state index in [1.807, 2.05) is 27.9 Å². The topological polar surface area (TPSA) is 70.6 Å². The number of carbonyl (C=O) groups excluding carboxylic acids is 1. The third kappa shape index (κ3) is 5.86. The van der Waals surface area contributed by atoms with Crippen LogP contribution in [0, 0.1) is 13.8 Å². The van der Waals surface area contributed by atoms with Crippen molar-refractivity contribution in [1.29, 1.82) is 0 Å². The maximum atomic E-state index is 13.5. The fraction of sp³-hybridized carbons (Fsp3) is 0.391. The number of nitrogens with zero attached hydrogens (tertiary/aromatic N) is 3. The number of carbonyl (C=O) groups is 1.